The van der Waals surface area contributed by atoms with E-state index in [2.05, 4.69) is 36.4 Å². The van der Waals surface area contributed by atoms with Crippen molar-refractivity contribution in [3.63, 3.8) is 0 Å². The minimum atomic E-state index is 0.465. The minimum absolute atomic E-state index is 0.465. The lowest BCUT2D eigenvalue weighted by Crippen LogP contribution is -2.40. The van der Waals surface area contributed by atoms with Crippen LogP contribution in [-0.2, 0) is 4.74 Å². The Bertz CT molecular complexity index is 514. The Balaban J connectivity index is 1.68. The van der Waals surface area contributed by atoms with Gasteiger partial charge in [0.05, 0.1) is 6.10 Å². The number of hydrogen-bond acceptors (Lipinski definition) is 1. The molecule has 4 bridgehead atoms. The first kappa shape index (κ1) is 10.7. The zero-order chi connectivity index (χ0) is 12.6. The predicted octanol–water partition coefficient (Wildman–Crippen LogP) is 3.72. The fourth-order valence-corrected chi connectivity index (χ4v) is 5.98. The van der Waals surface area contributed by atoms with E-state index in [0.29, 0.717) is 17.9 Å². The molecule has 98 valence electrons. The van der Waals surface area contributed by atoms with E-state index in [1.807, 2.05) is 7.11 Å². The second-order valence-electron chi connectivity index (χ2n) is 6.81. The summed E-state index contributed by atoms with van der Waals surface area (Å²) in [5.74, 6) is 4.66. The molecule has 0 aliphatic heterocycles. The average Bonchev–Trinajstić information content (AvgIpc) is 3.04. The first-order valence-electron chi connectivity index (χ1n) is 7.70. The molecule has 1 aromatic carbocycles. The van der Waals surface area contributed by atoms with Crippen molar-refractivity contribution in [3.05, 3.63) is 47.5 Å². The molecular weight excluding hydrogens is 232 g/mol. The van der Waals surface area contributed by atoms with Crippen LogP contribution in [0.3, 0.4) is 0 Å². The van der Waals surface area contributed by atoms with Gasteiger partial charge >= 0.3 is 0 Å². The minimum Gasteiger partial charge on any atom is -0.380 e. The summed E-state index contributed by atoms with van der Waals surface area (Å²) < 4.78 is 5.85. The molecule has 0 saturated heterocycles. The van der Waals surface area contributed by atoms with E-state index in [1.54, 1.807) is 11.1 Å². The van der Waals surface area contributed by atoms with E-state index in [-0.39, 0.29) is 0 Å². The van der Waals surface area contributed by atoms with E-state index in [4.69, 9.17) is 4.74 Å². The lowest BCUT2D eigenvalue weighted by Gasteiger charge is -2.50. The lowest BCUT2D eigenvalue weighted by atomic mass is 9.54. The fraction of sp³-hybridized carbons (Fsp3) is 0.556. The average molecular weight is 252 g/mol. The molecule has 0 aromatic heterocycles. The Morgan fingerprint density at radius 2 is 1.42 bits per heavy atom. The van der Waals surface area contributed by atoms with Crippen LogP contribution in [0.15, 0.2) is 36.4 Å². The van der Waals surface area contributed by atoms with Gasteiger partial charge in [-0.05, 0) is 47.6 Å². The number of hydrogen-bond donors (Lipinski definition) is 0. The topological polar surface area (TPSA) is 9.23 Å². The monoisotopic (exact) mass is 252 g/mol. The first-order chi connectivity index (χ1) is 9.40. The fourth-order valence-electron chi connectivity index (χ4n) is 5.98. The highest BCUT2D eigenvalue weighted by Crippen LogP contribution is 2.67. The summed E-state index contributed by atoms with van der Waals surface area (Å²) in [6, 6.07) is 9.23. The Hall–Kier alpha value is -1.08. The number of rotatable bonds is 1. The van der Waals surface area contributed by atoms with Crippen molar-refractivity contribution in [3.8, 4) is 0 Å². The van der Waals surface area contributed by atoms with E-state index in [1.165, 1.54) is 12.8 Å². The second-order valence-corrected chi connectivity index (χ2v) is 6.81. The normalized spacial score (nSPS) is 48.4. The van der Waals surface area contributed by atoms with Crippen LogP contribution in [0.1, 0.15) is 35.8 Å². The van der Waals surface area contributed by atoms with Gasteiger partial charge in [-0.1, -0.05) is 36.4 Å². The van der Waals surface area contributed by atoms with Gasteiger partial charge in [0.15, 0.2) is 0 Å². The van der Waals surface area contributed by atoms with E-state index in [0.717, 1.165) is 23.7 Å². The molecule has 0 amide bonds. The Morgan fingerprint density at radius 3 is 1.89 bits per heavy atom. The maximum Gasteiger partial charge on any atom is 0.0702 e. The summed E-state index contributed by atoms with van der Waals surface area (Å²) in [6.45, 7) is 0. The molecule has 2 fully saturated rings. The van der Waals surface area contributed by atoms with Crippen LogP contribution in [0, 0.1) is 23.7 Å². The van der Waals surface area contributed by atoms with Gasteiger partial charge in [-0.2, -0.15) is 0 Å². The van der Waals surface area contributed by atoms with Crippen molar-refractivity contribution in [2.45, 2.75) is 30.8 Å². The van der Waals surface area contributed by atoms with Crippen LogP contribution in [0.4, 0.5) is 0 Å². The van der Waals surface area contributed by atoms with Gasteiger partial charge in [0, 0.05) is 18.9 Å². The molecule has 1 nitrogen and oxygen atoms in total. The SMILES string of the molecule is COC1[C@H]2C=C[C@H]1[C@@H]1[C@H]2[C@H]2CC[C@H]1c1ccccc12. The van der Waals surface area contributed by atoms with Gasteiger partial charge in [0.1, 0.15) is 0 Å². The third kappa shape index (κ3) is 1.12. The van der Waals surface area contributed by atoms with E-state index < -0.39 is 0 Å². The van der Waals surface area contributed by atoms with Crippen molar-refractivity contribution < 1.29 is 4.74 Å². The van der Waals surface area contributed by atoms with Gasteiger partial charge in [-0.25, -0.2) is 0 Å². The highest BCUT2D eigenvalue weighted by molar-refractivity contribution is 5.43. The van der Waals surface area contributed by atoms with Gasteiger partial charge in [-0.15, -0.1) is 0 Å². The third-order valence-corrected chi connectivity index (χ3v) is 6.43. The van der Waals surface area contributed by atoms with Crippen LogP contribution in [-0.4, -0.2) is 13.2 Å². The van der Waals surface area contributed by atoms with Gasteiger partial charge in [0.25, 0.3) is 0 Å². The van der Waals surface area contributed by atoms with Crippen molar-refractivity contribution in [2.75, 3.05) is 7.11 Å². The predicted molar refractivity (Wildman–Crippen MR) is 75.1 cm³/mol. The number of ether oxygens (including phenoxy) is 1. The molecule has 0 N–H and O–H groups in total. The molecule has 1 heteroatoms. The molecule has 19 heavy (non-hydrogen) atoms. The standard InChI is InChI=1S/C18H20O/c1-19-18-14-8-9-15(18)17-13-7-6-12(16(14)17)10-4-2-3-5-11(10)13/h2-5,8-9,12-18H,6-7H2,1H3/t12-,13-,14-,15-,16-,17+,18?/m0/s1. The second kappa shape index (κ2) is 3.52. The summed E-state index contributed by atoms with van der Waals surface area (Å²) in [5.41, 5.74) is 3.33. The van der Waals surface area contributed by atoms with Crippen molar-refractivity contribution >= 4 is 0 Å². The number of methoxy groups -OCH3 is 1. The lowest BCUT2D eigenvalue weighted by molar-refractivity contribution is 0.0653. The van der Waals surface area contributed by atoms with Crippen LogP contribution in [0.2, 0.25) is 0 Å². The molecule has 2 saturated carbocycles. The number of fused-ring (bicyclic) bond motifs is 3. The van der Waals surface area contributed by atoms with Crippen LogP contribution in [0.5, 0.6) is 0 Å². The van der Waals surface area contributed by atoms with Crippen LogP contribution in [0.25, 0.3) is 0 Å². The molecule has 1 unspecified atom stereocenters. The molecule has 0 heterocycles. The van der Waals surface area contributed by atoms with Crippen LogP contribution < -0.4 is 0 Å². The highest BCUT2D eigenvalue weighted by Gasteiger charge is 2.61. The number of benzene rings is 1. The zero-order valence-electron chi connectivity index (χ0n) is 11.3. The third-order valence-electron chi connectivity index (χ3n) is 6.43. The smallest absolute Gasteiger partial charge is 0.0702 e. The molecule has 0 radical (unpaired) electrons. The molecule has 7 atom stereocenters. The maximum atomic E-state index is 5.85. The Kier molecular flexibility index (Phi) is 1.98. The summed E-state index contributed by atoms with van der Waals surface area (Å²) in [5, 5.41) is 0. The van der Waals surface area contributed by atoms with Gasteiger partial charge in [0.2, 0.25) is 0 Å². The summed E-state index contributed by atoms with van der Waals surface area (Å²) in [7, 11) is 1.91. The molecule has 1 aromatic rings. The van der Waals surface area contributed by atoms with Crippen molar-refractivity contribution in [2.24, 2.45) is 23.7 Å². The van der Waals surface area contributed by atoms with E-state index >= 15 is 0 Å². The Morgan fingerprint density at radius 1 is 0.895 bits per heavy atom. The van der Waals surface area contributed by atoms with Gasteiger partial charge in [-0.3, -0.25) is 0 Å². The zero-order valence-corrected chi connectivity index (χ0v) is 11.3. The Labute approximate surface area is 114 Å². The molecule has 5 aliphatic rings. The molecular formula is C18H20O. The maximum absolute atomic E-state index is 5.85. The summed E-state index contributed by atoms with van der Waals surface area (Å²) >= 11 is 0. The van der Waals surface area contributed by atoms with Crippen LogP contribution >= 0.6 is 0 Å². The molecule has 6 rings (SSSR count). The quantitative estimate of drug-likeness (QED) is 0.692. The largest absolute Gasteiger partial charge is 0.380 e. The first-order valence-corrected chi connectivity index (χ1v) is 7.70. The molecule has 5 aliphatic carbocycles. The van der Waals surface area contributed by atoms with Gasteiger partial charge < -0.3 is 4.74 Å². The van der Waals surface area contributed by atoms with E-state index in [9.17, 15) is 0 Å². The molecule has 0 spiro atoms. The summed E-state index contributed by atoms with van der Waals surface area (Å²) in [4.78, 5) is 0. The highest BCUT2D eigenvalue weighted by atomic mass is 16.5. The summed E-state index contributed by atoms with van der Waals surface area (Å²) in [6.07, 6.45) is 8.19. The van der Waals surface area contributed by atoms with Crippen molar-refractivity contribution in [1.29, 1.82) is 0 Å². The van der Waals surface area contributed by atoms with Crippen molar-refractivity contribution in [1.82, 2.24) is 0 Å².